The highest BCUT2D eigenvalue weighted by molar-refractivity contribution is 9.10. The second kappa shape index (κ2) is 6.43. The summed E-state index contributed by atoms with van der Waals surface area (Å²) in [6.45, 7) is 0. The summed E-state index contributed by atoms with van der Waals surface area (Å²) in [5.41, 5.74) is 0.563. The van der Waals surface area contributed by atoms with E-state index in [0.717, 1.165) is 10.0 Å². The Morgan fingerprint density at radius 3 is 2.60 bits per heavy atom. The van der Waals surface area contributed by atoms with Crippen LogP contribution < -0.4 is 4.74 Å². The molecule has 0 N–H and O–H groups in total. The van der Waals surface area contributed by atoms with Gasteiger partial charge in [-0.1, -0.05) is 27.5 Å². The summed E-state index contributed by atoms with van der Waals surface area (Å²) in [7, 11) is 0. The first-order valence-electron chi connectivity index (χ1n) is 5.47. The minimum atomic E-state index is -0.523. The zero-order chi connectivity index (χ0) is 14.7. The maximum atomic E-state index is 11.0. The predicted octanol–water partition coefficient (Wildman–Crippen LogP) is 5.54. The molecule has 0 aliphatic heterocycles. The van der Waals surface area contributed by atoms with Gasteiger partial charge in [-0.05, 0) is 24.3 Å². The monoisotopic (exact) mass is 375 g/mol. The lowest BCUT2D eigenvalue weighted by molar-refractivity contribution is -0.385. The Balaban J connectivity index is 2.44. The van der Waals surface area contributed by atoms with Gasteiger partial charge in [-0.15, -0.1) is 11.6 Å². The minimum Gasteiger partial charge on any atom is -0.450 e. The number of nitro groups is 1. The maximum absolute atomic E-state index is 11.0. The molecule has 4 nitrogen and oxygen atoms in total. The largest absolute Gasteiger partial charge is 0.450 e. The molecule has 0 bridgehead atoms. The quantitative estimate of drug-likeness (QED) is 0.399. The Morgan fingerprint density at radius 1 is 1.20 bits per heavy atom. The molecule has 7 heteroatoms. The van der Waals surface area contributed by atoms with Crippen LogP contribution in [0.3, 0.4) is 0 Å². The summed E-state index contributed by atoms with van der Waals surface area (Å²) < 4.78 is 6.45. The summed E-state index contributed by atoms with van der Waals surface area (Å²) in [5.74, 6) is 0.758. The smallest absolute Gasteiger partial charge is 0.311 e. The number of halogens is 3. The Kier molecular flexibility index (Phi) is 4.86. The standard InChI is InChI=1S/C13H8BrCl2NO3/c14-9-1-4-12(8(5-9)7-15)20-13-6-10(16)2-3-11(13)17(18)19/h1-6H,7H2. The van der Waals surface area contributed by atoms with Crippen molar-refractivity contribution in [1.29, 1.82) is 0 Å². The number of hydrogen-bond acceptors (Lipinski definition) is 3. The van der Waals surface area contributed by atoms with Gasteiger partial charge < -0.3 is 4.74 Å². The van der Waals surface area contributed by atoms with Crippen LogP contribution in [0.25, 0.3) is 0 Å². The molecular weight excluding hydrogens is 369 g/mol. The highest BCUT2D eigenvalue weighted by atomic mass is 79.9. The lowest BCUT2D eigenvalue weighted by Crippen LogP contribution is -1.95. The van der Waals surface area contributed by atoms with Crippen LogP contribution in [0.5, 0.6) is 11.5 Å². The number of rotatable bonds is 4. The van der Waals surface area contributed by atoms with Crippen molar-refractivity contribution >= 4 is 44.8 Å². The van der Waals surface area contributed by atoms with E-state index in [2.05, 4.69) is 15.9 Å². The summed E-state index contributed by atoms with van der Waals surface area (Å²) in [6, 6.07) is 9.39. The Bertz CT molecular complexity index is 664. The second-order valence-corrected chi connectivity index (χ2v) is 5.48. The average Bonchev–Trinajstić information content (AvgIpc) is 2.40. The van der Waals surface area contributed by atoms with Gasteiger partial charge in [0.15, 0.2) is 0 Å². The van der Waals surface area contributed by atoms with E-state index in [1.165, 1.54) is 18.2 Å². The SMILES string of the molecule is O=[N+]([O-])c1ccc(Cl)cc1Oc1ccc(Br)cc1CCl. The predicted molar refractivity (Wildman–Crippen MR) is 81.9 cm³/mol. The molecular formula is C13H8BrCl2NO3. The van der Waals surface area contributed by atoms with E-state index in [-0.39, 0.29) is 17.3 Å². The molecule has 2 aromatic carbocycles. The van der Waals surface area contributed by atoms with Crippen molar-refractivity contribution < 1.29 is 9.66 Å². The molecule has 0 aromatic heterocycles. The maximum Gasteiger partial charge on any atom is 0.311 e. The first-order valence-corrected chi connectivity index (χ1v) is 7.18. The van der Waals surface area contributed by atoms with E-state index in [9.17, 15) is 10.1 Å². The van der Waals surface area contributed by atoms with E-state index in [0.29, 0.717) is 10.8 Å². The highest BCUT2D eigenvalue weighted by Crippen LogP contribution is 2.36. The van der Waals surface area contributed by atoms with Crippen LogP contribution in [0.4, 0.5) is 5.69 Å². The summed E-state index contributed by atoms with van der Waals surface area (Å²) in [5, 5.41) is 11.3. The molecule has 0 spiro atoms. The first kappa shape index (κ1) is 15.1. The van der Waals surface area contributed by atoms with Crippen molar-refractivity contribution in [2.75, 3.05) is 0 Å². The van der Waals surface area contributed by atoms with Crippen LogP contribution in [-0.4, -0.2) is 4.92 Å². The Morgan fingerprint density at radius 2 is 1.95 bits per heavy atom. The fraction of sp³-hybridized carbons (Fsp3) is 0.0769. The van der Waals surface area contributed by atoms with Gasteiger partial charge in [0.05, 0.1) is 10.8 Å². The fourth-order valence-corrected chi connectivity index (χ4v) is 2.37. The van der Waals surface area contributed by atoms with Crippen molar-refractivity contribution in [2.45, 2.75) is 5.88 Å². The molecule has 0 saturated heterocycles. The Hall–Kier alpha value is -1.30. The third-order valence-electron chi connectivity index (χ3n) is 2.50. The molecule has 2 rings (SSSR count). The number of hydrogen-bond donors (Lipinski definition) is 0. The minimum absolute atomic E-state index is 0.0798. The van der Waals surface area contributed by atoms with Gasteiger partial charge in [-0.2, -0.15) is 0 Å². The normalized spacial score (nSPS) is 10.3. The molecule has 0 atom stereocenters. The van der Waals surface area contributed by atoms with E-state index in [1.807, 2.05) is 0 Å². The van der Waals surface area contributed by atoms with Crippen LogP contribution in [0.15, 0.2) is 40.9 Å². The number of nitro benzene ring substituents is 1. The van der Waals surface area contributed by atoms with E-state index < -0.39 is 4.92 Å². The first-order chi connectivity index (χ1) is 9.51. The lowest BCUT2D eigenvalue weighted by Gasteiger charge is -2.10. The van der Waals surface area contributed by atoms with Crippen molar-refractivity contribution in [2.24, 2.45) is 0 Å². The highest BCUT2D eigenvalue weighted by Gasteiger charge is 2.17. The summed E-state index contributed by atoms with van der Waals surface area (Å²) in [4.78, 5) is 10.5. The number of alkyl halides is 1. The van der Waals surface area contributed by atoms with E-state index in [1.54, 1.807) is 18.2 Å². The van der Waals surface area contributed by atoms with E-state index in [4.69, 9.17) is 27.9 Å². The average molecular weight is 377 g/mol. The fourth-order valence-electron chi connectivity index (χ4n) is 1.59. The van der Waals surface area contributed by atoms with Crippen LogP contribution in [-0.2, 0) is 5.88 Å². The molecule has 20 heavy (non-hydrogen) atoms. The van der Waals surface area contributed by atoms with Gasteiger partial charge >= 0.3 is 5.69 Å². The number of benzene rings is 2. The van der Waals surface area contributed by atoms with E-state index >= 15 is 0 Å². The molecule has 0 heterocycles. The van der Waals surface area contributed by atoms with Crippen molar-refractivity contribution in [3.63, 3.8) is 0 Å². The molecule has 0 fully saturated rings. The molecule has 0 unspecified atom stereocenters. The molecule has 0 aliphatic rings. The molecule has 0 radical (unpaired) electrons. The van der Waals surface area contributed by atoms with Crippen molar-refractivity contribution in [1.82, 2.24) is 0 Å². The molecule has 0 saturated carbocycles. The summed E-state index contributed by atoms with van der Waals surface area (Å²) in [6.07, 6.45) is 0. The lowest BCUT2D eigenvalue weighted by atomic mass is 10.2. The van der Waals surface area contributed by atoms with Crippen molar-refractivity contribution in [3.8, 4) is 11.5 Å². The van der Waals surface area contributed by atoms with Gasteiger partial charge in [0.25, 0.3) is 0 Å². The molecule has 0 amide bonds. The number of nitrogens with zero attached hydrogens (tertiary/aromatic N) is 1. The van der Waals surface area contributed by atoms with Crippen LogP contribution >= 0.6 is 39.1 Å². The van der Waals surface area contributed by atoms with Gasteiger partial charge in [-0.3, -0.25) is 10.1 Å². The zero-order valence-electron chi connectivity index (χ0n) is 9.98. The van der Waals surface area contributed by atoms with Gasteiger partial charge in [0.2, 0.25) is 5.75 Å². The van der Waals surface area contributed by atoms with Crippen LogP contribution in [0, 0.1) is 10.1 Å². The van der Waals surface area contributed by atoms with Gasteiger partial charge in [0.1, 0.15) is 5.75 Å². The van der Waals surface area contributed by atoms with Gasteiger partial charge in [0, 0.05) is 27.2 Å². The van der Waals surface area contributed by atoms with Crippen LogP contribution in [0.1, 0.15) is 5.56 Å². The topological polar surface area (TPSA) is 52.4 Å². The van der Waals surface area contributed by atoms with Crippen molar-refractivity contribution in [3.05, 3.63) is 61.6 Å². The summed E-state index contributed by atoms with van der Waals surface area (Å²) >= 11 is 15.0. The van der Waals surface area contributed by atoms with Crippen LogP contribution in [0.2, 0.25) is 5.02 Å². The van der Waals surface area contributed by atoms with Gasteiger partial charge in [-0.25, -0.2) is 0 Å². The third-order valence-corrected chi connectivity index (χ3v) is 3.52. The molecule has 0 aliphatic carbocycles. The number of ether oxygens (including phenoxy) is 1. The third kappa shape index (κ3) is 3.42. The zero-order valence-corrected chi connectivity index (χ0v) is 13.1. The second-order valence-electron chi connectivity index (χ2n) is 3.86. The molecule has 2 aromatic rings. The molecule has 104 valence electrons. The Labute approximate surface area is 133 Å².